The molecule has 0 radical (unpaired) electrons. The number of nitrogens with one attached hydrogen (secondary N) is 1. The number of hydrogen-bond donors (Lipinski definition) is 2. The second kappa shape index (κ2) is 9.76. The van der Waals surface area contributed by atoms with Crippen molar-refractivity contribution in [3.8, 4) is 5.69 Å². The highest BCUT2D eigenvalue weighted by Crippen LogP contribution is 2.48. The quantitative estimate of drug-likeness (QED) is 0.241. The van der Waals surface area contributed by atoms with E-state index in [9.17, 15) is 9.90 Å². The first kappa shape index (κ1) is 24.8. The highest BCUT2D eigenvalue weighted by molar-refractivity contribution is 6.51. The minimum Gasteiger partial charge on any atom is -0.478 e. The zero-order valence-electron chi connectivity index (χ0n) is 21.9. The molecule has 200 valence electrons. The van der Waals surface area contributed by atoms with Gasteiger partial charge in [0, 0.05) is 16.3 Å². The van der Waals surface area contributed by atoms with Crippen LogP contribution in [0.3, 0.4) is 0 Å². The third-order valence-electron chi connectivity index (χ3n) is 7.20. The van der Waals surface area contributed by atoms with E-state index in [4.69, 9.17) is 26.7 Å². The van der Waals surface area contributed by atoms with Gasteiger partial charge in [-0.05, 0) is 67.1 Å². The van der Waals surface area contributed by atoms with Crippen molar-refractivity contribution >= 4 is 52.1 Å². The SMILES string of the molecule is Cc1nn(-c2ccccc2)c2c1[C@@H](c1ccc(Cl)cc1)N1C(=N2)C(Nc2cccc(C(=O)O)c2)=Nc2ccccc21. The van der Waals surface area contributed by atoms with Crippen LogP contribution in [-0.4, -0.2) is 32.5 Å². The molecule has 1 atom stereocenters. The molecule has 0 bridgehead atoms. The first-order chi connectivity index (χ1) is 20.0. The van der Waals surface area contributed by atoms with Crippen molar-refractivity contribution in [1.82, 2.24) is 9.78 Å². The van der Waals surface area contributed by atoms with E-state index in [0.717, 1.165) is 33.9 Å². The van der Waals surface area contributed by atoms with Gasteiger partial charge in [0.05, 0.1) is 34.4 Å². The number of aromatic nitrogens is 2. The van der Waals surface area contributed by atoms with Crippen molar-refractivity contribution in [1.29, 1.82) is 0 Å². The van der Waals surface area contributed by atoms with Crippen LogP contribution in [0, 0.1) is 6.92 Å². The summed E-state index contributed by atoms with van der Waals surface area (Å²) in [6.45, 7) is 2.00. The summed E-state index contributed by atoms with van der Waals surface area (Å²) in [5.74, 6) is 0.784. The second-order valence-corrected chi connectivity index (χ2v) is 10.2. The number of anilines is 2. The maximum Gasteiger partial charge on any atom is 0.335 e. The molecular weight excluding hydrogens is 536 g/mol. The summed E-state index contributed by atoms with van der Waals surface area (Å²) in [6, 6.07) is 32.0. The molecule has 0 fully saturated rings. The minimum absolute atomic E-state index is 0.174. The first-order valence-electron chi connectivity index (χ1n) is 13.0. The topological polar surface area (TPSA) is 95.1 Å². The van der Waals surface area contributed by atoms with E-state index >= 15 is 0 Å². The van der Waals surface area contributed by atoms with Crippen LogP contribution in [-0.2, 0) is 0 Å². The molecule has 2 N–H and O–H groups in total. The Hall–Kier alpha value is -5.21. The standard InChI is InChI=1S/C32H23ClN6O2/c1-19-27-28(20-14-16-22(33)17-15-20)38-26-13-6-5-12-25(26)35-29(34-23-9-7-8-21(18-23)32(40)41)31(38)36-30(27)39(37-19)24-10-3-2-4-11-24/h2-18,28H,1H3,(H,34,35)(H,40,41)/t28-/m1/s1. The Bertz CT molecular complexity index is 1880. The monoisotopic (exact) mass is 558 g/mol. The number of benzene rings is 4. The maximum absolute atomic E-state index is 11.7. The summed E-state index contributed by atoms with van der Waals surface area (Å²) >= 11 is 6.31. The number of halogens is 1. The van der Waals surface area contributed by atoms with E-state index in [1.807, 2.05) is 96.5 Å². The molecule has 0 amide bonds. The summed E-state index contributed by atoms with van der Waals surface area (Å²) in [6.07, 6.45) is 0. The van der Waals surface area contributed by atoms with Crippen LogP contribution in [0.15, 0.2) is 113 Å². The molecule has 9 heteroatoms. The van der Waals surface area contributed by atoms with Crippen LogP contribution < -0.4 is 10.2 Å². The molecule has 0 spiro atoms. The van der Waals surface area contributed by atoms with Gasteiger partial charge in [0.2, 0.25) is 0 Å². The Morgan fingerprint density at radius 3 is 2.44 bits per heavy atom. The number of amidine groups is 2. The Kier molecular flexibility index (Phi) is 5.91. The van der Waals surface area contributed by atoms with E-state index in [0.29, 0.717) is 28.2 Å². The van der Waals surface area contributed by atoms with Gasteiger partial charge in [-0.15, -0.1) is 0 Å². The van der Waals surface area contributed by atoms with Crippen molar-refractivity contribution in [3.63, 3.8) is 0 Å². The number of hydrogen-bond acceptors (Lipinski definition) is 6. The fourth-order valence-corrected chi connectivity index (χ4v) is 5.50. The number of fused-ring (bicyclic) bond motifs is 4. The van der Waals surface area contributed by atoms with Crippen LogP contribution in [0.4, 0.5) is 22.9 Å². The molecule has 2 aliphatic heterocycles. The van der Waals surface area contributed by atoms with Crippen LogP contribution >= 0.6 is 11.6 Å². The number of nitrogens with zero attached hydrogens (tertiary/aromatic N) is 5. The van der Waals surface area contributed by atoms with Crippen LogP contribution in [0.25, 0.3) is 5.69 Å². The maximum atomic E-state index is 11.7. The first-order valence-corrected chi connectivity index (χ1v) is 13.4. The Balaban J connectivity index is 1.48. The van der Waals surface area contributed by atoms with Gasteiger partial charge in [0.25, 0.3) is 0 Å². The predicted octanol–water partition coefficient (Wildman–Crippen LogP) is 7.33. The lowest BCUT2D eigenvalue weighted by molar-refractivity contribution is 0.0697. The molecule has 1 aromatic heterocycles. The van der Waals surface area contributed by atoms with E-state index in [-0.39, 0.29) is 11.6 Å². The smallest absolute Gasteiger partial charge is 0.335 e. The molecule has 3 heterocycles. The highest BCUT2D eigenvalue weighted by Gasteiger charge is 2.41. The van der Waals surface area contributed by atoms with Crippen molar-refractivity contribution in [2.24, 2.45) is 9.98 Å². The van der Waals surface area contributed by atoms with Crippen molar-refractivity contribution in [3.05, 3.63) is 131 Å². The average Bonchev–Trinajstić information content (AvgIpc) is 3.33. The largest absolute Gasteiger partial charge is 0.478 e. The van der Waals surface area contributed by atoms with Crippen molar-refractivity contribution in [2.45, 2.75) is 13.0 Å². The van der Waals surface area contributed by atoms with E-state index < -0.39 is 5.97 Å². The number of rotatable bonds is 4. The molecule has 0 unspecified atom stereocenters. The number of aliphatic imine (C=N–C) groups is 2. The van der Waals surface area contributed by atoms with Gasteiger partial charge in [-0.2, -0.15) is 5.10 Å². The molecule has 5 aromatic rings. The molecule has 7 rings (SSSR count). The lowest BCUT2D eigenvalue weighted by Crippen LogP contribution is -2.46. The number of aryl methyl sites for hydroxylation is 1. The molecular formula is C32H23ClN6O2. The fourth-order valence-electron chi connectivity index (χ4n) is 5.37. The van der Waals surface area contributed by atoms with Gasteiger partial charge in [0.15, 0.2) is 17.5 Å². The van der Waals surface area contributed by atoms with E-state index in [1.54, 1.807) is 18.2 Å². The molecule has 41 heavy (non-hydrogen) atoms. The average molecular weight is 559 g/mol. The van der Waals surface area contributed by atoms with Gasteiger partial charge < -0.3 is 15.3 Å². The highest BCUT2D eigenvalue weighted by atomic mass is 35.5. The third kappa shape index (κ3) is 4.25. The van der Waals surface area contributed by atoms with E-state index in [1.165, 1.54) is 0 Å². The molecule has 0 aliphatic carbocycles. The zero-order valence-corrected chi connectivity index (χ0v) is 22.6. The van der Waals surface area contributed by atoms with Gasteiger partial charge in [-0.1, -0.05) is 60.1 Å². The Morgan fingerprint density at radius 2 is 1.66 bits per heavy atom. The van der Waals surface area contributed by atoms with Crippen LogP contribution in [0.1, 0.15) is 33.2 Å². The summed E-state index contributed by atoms with van der Waals surface area (Å²) < 4.78 is 1.86. The normalized spacial score (nSPS) is 15.3. The number of para-hydroxylation sites is 3. The number of carboxylic acids is 1. The van der Waals surface area contributed by atoms with Gasteiger partial charge in [-0.25, -0.2) is 19.5 Å². The fraction of sp³-hybridized carbons (Fsp3) is 0.0625. The summed E-state index contributed by atoms with van der Waals surface area (Å²) in [5, 5.41) is 18.5. The zero-order chi connectivity index (χ0) is 28.1. The van der Waals surface area contributed by atoms with Crippen molar-refractivity contribution in [2.75, 3.05) is 10.2 Å². The molecule has 0 saturated heterocycles. The Morgan fingerprint density at radius 1 is 0.902 bits per heavy atom. The lowest BCUT2D eigenvalue weighted by atomic mass is 9.93. The Labute approximate surface area is 240 Å². The van der Waals surface area contributed by atoms with Gasteiger partial charge in [-0.3, -0.25) is 0 Å². The van der Waals surface area contributed by atoms with Crippen LogP contribution in [0.2, 0.25) is 5.02 Å². The summed E-state index contributed by atoms with van der Waals surface area (Å²) in [7, 11) is 0. The number of carboxylic acid groups (broad SMARTS) is 1. The van der Waals surface area contributed by atoms with Crippen molar-refractivity contribution < 1.29 is 9.90 Å². The van der Waals surface area contributed by atoms with E-state index in [2.05, 4.69) is 10.2 Å². The summed E-state index contributed by atoms with van der Waals surface area (Å²) in [5.41, 5.74) is 6.16. The lowest BCUT2D eigenvalue weighted by Gasteiger charge is -2.40. The van der Waals surface area contributed by atoms with Crippen LogP contribution in [0.5, 0.6) is 0 Å². The third-order valence-corrected chi connectivity index (χ3v) is 7.45. The predicted molar refractivity (Wildman–Crippen MR) is 162 cm³/mol. The molecule has 8 nitrogen and oxygen atoms in total. The number of carbonyl (C=O) groups is 1. The van der Waals surface area contributed by atoms with Gasteiger partial charge in [0.1, 0.15) is 0 Å². The second-order valence-electron chi connectivity index (χ2n) is 9.79. The molecule has 4 aromatic carbocycles. The minimum atomic E-state index is -1.00. The number of aromatic carboxylic acids is 1. The summed E-state index contributed by atoms with van der Waals surface area (Å²) in [4.78, 5) is 24.0. The van der Waals surface area contributed by atoms with Gasteiger partial charge >= 0.3 is 5.97 Å². The molecule has 0 saturated carbocycles. The molecule has 2 aliphatic rings.